The lowest BCUT2D eigenvalue weighted by Crippen LogP contribution is -2.28. The van der Waals surface area contributed by atoms with Crippen molar-refractivity contribution in [2.75, 3.05) is 11.9 Å². The maximum absolute atomic E-state index is 9.54. The van der Waals surface area contributed by atoms with Crippen LogP contribution in [0.25, 0.3) is 0 Å². The lowest BCUT2D eigenvalue weighted by atomic mass is 9.81. The number of hydrogen-bond acceptors (Lipinski definition) is 5. The van der Waals surface area contributed by atoms with Gasteiger partial charge in [-0.1, -0.05) is 58.0 Å². The Hall–Kier alpha value is -1.72. The van der Waals surface area contributed by atoms with Gasteiger partial charge in [-0.3, -0.25) is 0 Å². The Morgan fingerprint density at radius 1 is 1.12 bits per heavy atom. The van der Waals surface area contributed by atoms with Crippen LogP contribution in [0.15, 0.2) is 30.3 Å². The maximum Gasteiger partial charge on any atom is 0.227 e. The normalized spacial score (nSPS) is 13.1. The van der Waals surface area contributed by atoms with Crippen LogP contribution in [-0.4, -0.2) is 32.7 Å². The van der Waals surface area contributed by atoms with Gasteiger partial charge in [0.05, 0.1) is 12.6 Å². The second kappa shape index (κ2) is 8.59. The molecular formula is C19H27ClN4O. The highest BCUT2D eigenvalue weighted by Crippen LogP contribution is 2.27. The first-order chi connectivity index (χ1) is 11.8. The SMILES string of the molecule is CC(C)CC(CO)Nc1nc(Cl)nc(CC(C)(C)c2ccccc2)n1. The fraction of sp³-hybridized carbons (Fsp3) is 0.526. The summed E-state index contributed by atoms with van der Waals surface area (Å²) >= 11 is 6.09. The molecule has 6 heteroatoms. The summed E-state index contributed by atoms with van der Waals surface area (Å²) in [5, 5.41) is 12.9. The summed E-state index contributed by atoms with van der Waals surface area (Å²) in [4.78, 5) is 12.9. The van der Waals surface area contributed by atoms with Gasteiger partial charge in [0.2, 0.25) is 11.2 Å². The molecule has 1 aromatic carbocycles. The standard InChI is InChI=1S/C19H27ClN4O/c1-13(2)10-15(12-25)21-18-23-16(22-17(20)24-18)11-19(3,4)14-8-6-5-7-9-14/h5-9,13,15,25H,10-12H2,1-4H3,(H,21,22,23,24). The predicted molar refractivity (Wildman–Crippen MR) is 102 cm³/mol. The number of rotatable bonds is 8. The molecular weight excluding hydrogens is 336 g/mol. The van der Waals surface area contributed by atoms with Gasteiger partial charge >= 0.3 is 0 Å². The zero-order valence-electron chi connectivity index (χ0n) is 15.3. The zero-order valence-corrected chi connectivity index (χ0v) is 16.1. The number of nitrogens with one attached hydrogen (secondary N) is 1. The molecule has 1 aromatic heterocycles. The molecule has 2 rings (SSSR count). The van der Waals surface area contributed by atoms with E-state index in [2.05, 4.69) is 60.1 Å². The highest BCUT2D eigenvalue weighted by atomic mass is 35.5. The summed E-state index contributed by atoms with van der Waals surface area (Å²) in [5.74, 6) is 1.51. The van der Waals surface area contributed by atoms with Crippen LogP contribution < -0.4 is 5.32 Å². The van der Waals surface area contributed by atoms with E-state index in [1.165, 1.54) is 5.56 Å². The van der Waals surface area contributed by atoms with E-state index in [1.54, 1.807) is 0 Å². The Bertz CT molecular complexity index is 676. The molecule has 0 amide bonds. The molecule has 0 aliphatic rings. The van der Waals surface area contributed by atoms with E-state index in [0.29, 0.717) is 24.1 Å². The van der Waals surface area contributed by atoms with Crippen molar-refractivity contribution in [3.05, 3.63) is 47.0 Å². The Balaban J connectivity index is 2.18. The molecule has 2 aromatic rings. The molecule has 1 heterocycles. The molecule has 1 unspecified atom stereocenters. The van der Waals surface area contributed by atoms with Gasteiger partial charge in [0.1, 0.15) is 5.82 Å². The molecule has 2 N–H and O–H groups in total. The highest BCUT2D eigenvalue weighted by Gasteiger charge is 2.23. The molecule has 0 spiro atoms. The Morgan fingerprint density at radius 3 is 2.40 bits per heavy atom. The Labute approximate surface area is 154 Å². The highest BCUT2D eigenvalue weighted by molar-refractivity contribution is 6.28. The quantitative estimate of drug-likeness (QED) is 0.746. The van der Waals surface area contributed by atoms with Crippen LogP contribution in [0.5, 0.6) is 0 Å². The lowest BCUT2D eigenvalue weighted by molar-refractivity contribution is 0.259. The molecule has 0 bridgehead atoms. The second-order valence-electron chi connectivity index (χ2n) is 7.42. The van der Waals surface area contributed by atoms with E-state index in [4.69, 9.17) is 11.6 Å². The summed E-state index contributed by atoms with van der Waals surface area (Å²) in [6.07, 6.45) is 1.46. The first-order valence-electron chi connectivity index (χ1n) is 8.63. The van der Waals surface area contributed by atoms with Crippen LogP contribution in [0.4, 0.5) is 5.95 Å². The third kappa shape index (κ3) is 5.94. The zero-order chi connectivity index (χ0) is 18.4. The fourth-order valence-corrected chi connectivity index (χ4v) is 3.03. The largest absolute Gasteiger partial charge is 0.394 e. The molecule has 5 nitrogen and oxygen atoms in total. The van der Waals surface area contributed by atoms with Crippen molar-refractivity contribution in [2.24, 2.45) is 5.92 Å². The predicted octanol–water partition coefficient (Wildman–Crippen LogP) is 3.86. The van der Waals surface area contributed by atoms with Crippen molar-refractivity contribution in [2.45, 2.75) is 52.0 Å². The van der Waals surface area contributed by atoms with Gasteiger partial charge in [-0.25, -0.2) is 4.98 Å². The molecule has 0 fully saturated rings. The van der Waals surface area contributed by atoms with Crippen molar-refractivity contribution < 1.29 is 5.11 Å². The number of hydrogen-bond donors (Lipinski definition) is 2. The summed E-state index contributed by atoms with van der Waals surface area (Å²) < 4.78 is 0. The van der Waals surface area contributed by atoms with Crippen molar-refractivity contribution in [3.63, 3.8) is 0 Å². The van der Waals surface area contributed by atoms with Gasteiger partial charge in [0.15, 0.2) is 0 Å². The fourth-order valence-electron chi connectivity index (χ4n) is 2.85. The molecule has 0 aliphatic carbocycles. The van der Waals surface area contributed by atoms with Crippen molar-refractivity contribution in [1.82, 2.24) is 15.0 Å². The summed E-state index contributed by atoms with van der Waals surface area (Å²) in [6.45, 7) is 8.55. The van der Waals surface area contributed by atoms with Gasteiger partial charge in [-0.15, -0.1) is 0 Å². The minimum Gasteiger partial charge on any atom is -0.394 e. The first-order valence-corrected chi connectivity index (χ1v) is 9.01. The molecule has 0 aliphatic heterocycles. The monoisotopic (exact) mass is 362 g/mol. The third-order valence-corrected chi connectivity index (χ3v) is 4.29. The third-order valence-electron chi connectivity index (χ3n) is 4.12. The summed E-state index contributed by atoms with van der Waals surface area (Å²) in [7, 11) is 0. The number of anilines is 1. The van der Waals surface area contributed by atoms with Crippen LogP contribution in [0.3, 0.4) is 0 Å². The van der Waals surface area contributed by atoms with Crippen LogP contribution >= 0.6 is 11.6 Å². The topological polar surface area (TPSA) is 70.9 Å². The smallest absolute Gasteiger partial charge is 0.227 e. The van der Waals surface area contributed by atoms with E-state index < -0.39 is 0 Å². The van der Waals surface area contributed by atoms with Gasteiger partial charge < -0.3 is 10.4 Å². The molecule has 25 heavy (non-hydrogen) atoms. The minimum absolute atomic E-state index is 0.0202. The number of aliphatic hydroxyl groups excluding tert-OH is 1. The average molecular weight is 363 g/mol. The Kier molecular flexibility index (Phi) is 6.73. The van der Waals surface area contributed by atoms with Gasteiger partial charge in [-0.2, -0.15) is 9.97 Å². The van der Waals surface area contributed by atoms with E-state index >= 15 is 0 Å². The van der Waals surface area contributed by atoms with Crippen molar-refractivity contribution in [1.29, 1.82) is 0 Å². The minimum atomic E-state index is -0.127. The number of benzene rings is 1. The van der Waals surface area contributed by atoms with Gasteiger partial charge in [0.25, 0.3) is 0 Å². The van der Waals surface area contributed by atoms with Crippen LogP contribution in [-0.2, 0) is 11.8 Å². The molecule has 0 saturated heterocycles. The van der Waals surface area contributed by atoms with E-state index in [0.717, 1.165) is 6.42 Å². The molecule has 136 valence electrons. The number of aromatic nitrogens is 3. The van der Waals surface area contributed by atoms with Crippen LogP contribution in [0.1, 0.15) is 45.5 Å². The van der Waals surface area contributed by atoms with Gasteiger partial charge in [-0.05, 0) is 34.9 Å². The van der Waals surface area contributed by atoms with E-state index in [-0.39, 0.29) is 23.3 Å². The van der Waals surface area contributed by atoms with Crippen molar-refractivity contribution >= 4 is 17.5 Å². The van der Waals surface area contributed by atoms with Crippen LogP contribution in [0, 0.1) is 5.92 Å². The van der Waals surface area contributed by atoms with Crippen LogP contribution in [0.2, 0.25) is 5.28 Å². The molecule has 0 saturated carbocycles. The lowest BCUT2D eigenvalue weighted by Gasteiger charge is -2.25. The number of halogens is 1. The first kappa shape index (κ1) is 19.6. The molecule has 1 atom stereocenters. The molecule has 0 radical (unpaired) electrons. The second-order valence-corrected chi connectivity index (χ2v) is 7.76. The van der Waals surface area contributed by atoms with Crippen molar-refractivity contribution in [3.8, 4) is 0 Å². The maximum atomic E-state index is 9.54. The summed E-state index contributed by atoms with van der Waals surface area (Å²) in [5.41, 5.74) is 1.09. The number of aliphatic hydroxyl groups is 1. The number of nitrogens with zero attached hydrogens (tertiary/aromatic N) is 3. The average Bonchev–Trinajstić information content (AvgIpc) is 2.53. The Morgan fingerprint density at radius 2 is 1.80 bits per heavy atom. The van der Waals surface area contributed by atoms with E-state index in [9.17, 15) is 5.11 Å². The van der Waals surface area contributed by atoms with Gasteiger partial charge in [0, 0.05) is 6.42 Å². The van der Waals surface area contributed by atoms with E-state index in [1.807, 2.05) is 18.2 Å². The summed E-state index contributed by atoms with van der Waals surface area (Å²) in [6, 6.07) is 10.2.